The minimum atomic E-state index is -4.66. The van der Waals surface area contributed by atoms with Crippen LogP contribution < -0.4 is 15.4 Å². The van der Waals surface area contributed by atoms with Gasteiger partial charge in [0.25, 0.3) is 0 Å². The summed E-state index contributed by atoms with van der Waals surface area (Å²) < 4.78 is 40.4. The molecule has 1 aromatic carbocycles. The van der Waals surface area contributed by atoms with Gasteiger partial charge >= 0.3 is 6.36 Å². The number of benzene rings is 1. The number of piperidine rings is 1. The minimum Gasteiger partial charge on any atom is -0.406 e. The Morgan fingerprint density at radius 3 is 2.32 bits per heavy atom. The molecule has 0 radical (unpaired) electrons. The summed E-state index contributed by atoms with van der Waals surface area (Å²) in [7, 11) is 1.74. The molecule has 0 aromatic heterocycles. The molecule has 0 saturated carbocycles. The quantitative estimate of drug-likeness (QED) is 0.345. The molecule has 1 aliphatic rings. The second-order valence-corrected chi connectivity index (χ2v) is 6.99. The molecule has 28 heavy (non-hydrogen) atoms. The summed E-state index contributed by atoms with van der Waals surface area (Å²) in [6, 6.07) is 6.93. The molecule has 0 bridgehead atoms. The predicted octanol–water partition coefficient (Wildman–Crippen LogP) is 3.78. The van der Waals surface area contributed by atoms with Gasteiger partial charge in [0.2, 0.25) is 0 Å². The Labute approximate surface area is 182 Å². The first-order valence-electron chi connectivity index (χ1n) is 9.33. The number of aliphatic imine (C=N–C) groups is 1. The first kappa shape index (κ1) is 24.8. The van der Waals surface area contributed by atoms with Crippen molar-refractivity contribution in [3.05, 3.63) is 29.8 Å². The molecule has 2 rings (SSSR count). The Kier molecular flexibility index (Phi) is 10.4. The molecule has 1 saturated heterocycles. The van der Waals surface area contributed by atoms with Crippen LogP contribution >= 0.6 is 24.0 Å². The molecule has 5 nitrogen and oxygen atoms in total. The zero-order valence-corrected chi connectivity index (χ0v) is 18.9. The normalized spacial score (nSPS) is 16.6. The van der Waals surface area contributed by atoms with E-state index in [4.69, 9.17) is 0 Å². The molecule has 2 N–H and O–H groups in total. The molecule has 1 aromatic rings. The van der Waals surface area contributed by atoms with Crippen LogP contribution in [0.25, 0.3) is 0 Å². The fourth-order valence-corrected chi connectivity index (χ4v) is 3.13. The fourth-order valence-electron chi connectivity index (χ4n) is 3.13. The lowest BCUT2D eigenvalue weighted by molar-refractivity contribution is -0.274. The van der Waals surface area contributed by atoms with E-state index in [2.05, 4.69) is 39.1 Å². The number of nitrogens with zero attached hydrogens (tertiary/aromatic N) is 2. The average molecular weight is 514 g/mol. The Balaban J connectivity index is 0.00000392. The van der Waals surface area contributed by atoms with Gasteiger partial charge in [-0.05, 0) is 50.8 Å². The first-order valence-corrected chi connectivity index (χ1v) is 9.33. The van der Waals surface area contributed by atoms with Gasteiger partial charge < -0.3 is 20.3 Å². The van der Waals surface area contributed by atoms with Crippen LogP contribution in [0.2, 0.25) is 0 Å². The third-order valence-electron chi connectivity index (χ3n) is 4.69. The molecule has 0 unspecified atom stereocenters. The lowest BCUT2D eigenvalue weighted by Gasteiger charge is -2.35. The minimum absolute atomic E-state index is 0. The smallest absolute Gasteiger partial charge is 0.406 e. The Hall–Kier alpha value is -1.23. The van der Waals surface area contributed by atoms with Crippen molar-refractivity contribution in [2.24, 2.45) is 4.99 Å². The number of rotatable bonds is 6. The highest BCUT2D eigenvalue weighted by molar-refractivity contribution is 14.0. The number of hydrogen-bond donors (Lipinski definition) is 2. The van der Waals surface area contributed by atoms with Gasteiger partial charge in [0.1, 0.15) is 5.75 Å². The molecule has 0 aliphatic carbocycles. The number of ether oxygens (including phenoxy) is 1. The Bertz CT molecular complexity index is 600. The molecule has 0 atom stereocenters. The standard InChI is InChI=1S/C19H29F3N4O.HI/c1-14(2)26-12-9-16(10-13-26)25-18(23-3)24-11-8-15-4-6-17(7-5-15)27-19(20,21)22;/h4-7,14,16H,8-13H2,1-3H3,(H2,23,24,25);1H. The number of guanidine groups is 1. The van der Waals surface area contributed by atoms with Gasteiger partial charge in [-0.2, -0.15) is 0 Å². The maximum Gasteiger partial charge on any atom is 0.573 e. The molecule has 9 heteroatoms. The largest absolute Gasteiger partial charge is 0.573 e. The monoisotopic (exact) mass is 514 g/mol. The second-order valence-electron chi connectivity index (χ2n) is 6.99. The maximum atomic E-state index is 12.2. The van der Waals surface area contributed by atoms with Crippen molar-refractivity contribution in [3.63, 3.8) is 0 Å². The van der Waals surface area contributed by atoms with Gasteiger partial charge in [0, 0.05) is 38.8 Å². The SMILES string of the molecule is CN=C(NCCc1ccc(OC(F)(F)F)cc1)NC1CCN(C(C)C)CC1.I. The Morgan fingerprint density at radius 1 is 1.21 bits per heavy atom. The maximum absolute atomic E-state index is 12.2. The van der Waals surface area contributed by atoms with E-state index in [0.29, 0.717) is 25.0 Å². The van der Waals surface area contributed by atoms with Crippen LogP contribution in [0.1, 0.15) is 32.3 Å². The van der Waals surface area contributed by atoms with Crippen molar-refractivity contribution in [3.8, 4) is 5.75 Å². The lowest BCUT2D eigenvalue weighted by Crippen LogP contribution is -2.50. The topological polar surface area (TPSA) is 48.9 Å². The van der Waals surface area contributed by atoms with E-state index in [0.717, 1.165) is 37.5 Å². The van der Waals surface area contributed by atoms with E-state index in [-0.39, 0.29) is 29.7 Å². The van der Waals surface area contributed by atoms with Gasteiger partial charge in [-0.15, -0.1) is 37.1 Å². The van der Waals surface area contributed by atoms with Gasteiger partial charge in [-0.25, -0.2) is 0 Å². The number of nitrogens with one attached hydrogen (secondary N) is 2. The zero-order valence-electron chi connectivity index (χ0n) is 16.6. The molecule has 1 fully saturated rings. The predicted molar refractivity (Wildman–Crippen MR) is 116 cm³/mol. The summed E-state index contributed by atoms with van der Waals surface area (Å²) in [5.41, 5.74) is 0.928. The molecular formula is C19H30F3IN4O. The highest BCUT2D eigenvalue weighted by atomic mass is 127. The summed E-state index contributed by atoms with van der Waals surface area (Å²) in [6.45, 7) is 7.24. The lowest BCUT2D eigenvalue weighted by atomic mass is 10.0. The summed E-state index contributed by atoms with van der Waals surface area (Å²) in [5, 5.41) is 6.72. The van der Waals surface area contributed by atoms with Gasteiger partial charge in [-0.1, -0.05) is 12.1 Å². The molecule has 160 valence electrons. The number of halogens is 4. The van der Waals surface area contributed by atoms with Gasteiger partial charge in [0.05, 0.1) is 0 Å². The van der Waals surface area contributed by atoms with Crippen LogP contribution in [0, 0.1) is 0 Å². The van der Waals surface area contributed by atoms with E-state index < -0.39 is 6.36 Å². The van der Waals surface area contributed by atoms with Crippen LogP contribution in [0.4, 0.5) is 13.2 Å². The zero-order chi connectivity index (χ0) is 19.9. The second kappa shape index (κ2) is 11.7. The third-order valence-corrected chi connectivity index (χ3v) is 4.69. The van der Waals surface area contributed by atoms with Crippen molar-refractivity contribution in [2.75, 3.05) is 26.7 Å². The molecule has 1 aliphatic heterocycles. The van der Waals surface area contributed by atoms with Crippen molar-refractivity contribution >= 4 is 29.9 Å². The van der Waals surface area contributed by atoms with Crippen molar-refractivity contribution in [1.29, 1.82) is 0 Å². The number of alkyl halides is 3. The summed E-state index contributed by atoms with van der Waals surface area (Å²) in [4.78, 5) is 6.73. The molecule has 1 heterocycles. The van der Waals surface area contributed by atoms with Gasteiger partial charge in [0.15, 0.2) is 5.96 Å². The van der Waals surface area contributed by atoms with Crippen LogP contribution in [-0.2, 0) is 6.42 Å². The number of likely N-dealkylation sites (tertiary alicyclic amines) is 1. The van der Waals surface area contributed by atoms with E-state index in [1.807, 2.05) is 0 Å². The molecular weight excluding hydrogens is 484 g/mol. The van der Waals surface area contributed by atoms with Crippen molar-refractivity contribution in [1.82, 2.24) is 15.5 Å². The number of hydrogen-bond acceptors (Lipinski definition) is 3. The van der Waals surface area contributed by atoms with Crippen LogP contribution in [0.5, 0.6) is 5.75 Å². The summed E-state index contributed by atoms with van der Waals surface area (Å²) in [5.74, 6) is 0.555. The summed E-state index contributed by atoms with van der Waals surface area (Å²) >= 11 is 0. The first-order chi connectivity index (χ1) is 12.8. The Morgan fingerprint density at radius 2 is 1.82 bits per heavy atom. The van der Waals surface area contributed by atoms with E-state index >= 15 is 0 Å². The van der Waals surface area contributed by atoms with Crippen LogP contribution in [0.15, 0.2) is 29.3 Å². The molecule has 0 amide bonds. The highest BCUT2D eigenvalue weighted by Gasteiger charge is 2.30. The van der Waals surface area contributed by atoms with Crippen molar-refractivity contribution < 1.29 is 17.9 Å². The van der Waals surface area contributed by atoms with E-state index in [1.165, 1.54) is 12.1 Å². The fraction of sp³-hybridized carbons (Fsp3) is 0.632. The van der Waals surface area contributed by atoms with Gasteiger partial charge in [-0.3, -0.25) is 4.99 Å². The van der Waals surface area contributed by atoms with E-state index in [9.17, 15) is 13.2 Å². The molecule has 0 spiro atoms. The van der Waals surface area contributed by atoms with Crippen LogP contribution in [0.3, 0.4) is 0 Å². The average Bonchev–Trinajstić information content (AvgIpc) is 2.61. The van der Waals surface area contributed by atoms with Crippen molar-refractivity contribution in [2.45, 2.75) is 51.6 Å². The van der Waals surface area contributed by atoms with Crippen LogP contribution in [-0.4, -0.2) is 56.0 Å². The third kappa shape index (κ3) is 8.85. The van der Waals surface area contributed by atoms with E-state index in [1.54, 1.807) is 19.2 Å². The summed E-state index contributed by atoms with van der Waals surface area (Å²) in [6.07, 6.45) is -1.82. The highest BCUT2D eigenvalue weighted by Crippen LogP contribution is 2.22.